The van der Waals surface area contributed by atoms with Gasteiger partial charge in [-0.15, -0.1) is 22.7 Å². The number of thiophene rings is 2. The van der Waals surface area contributed by atoms with Crippen molar-refractivity contribution < 1.29 is 9.59 Å². The molecule has 3 amide bonds. The predicted octanol–water partition coefficient (Wildman–Crippen LogP) is 2.87. The first-order chi connectivity index (χ1) is 11.2. The Balaban J connectivity index is 1.51. The Bertz CT molecular complexity index is 640. The van der Waals surface area contributed by atoms with Gasteiger partial charge < -0.3 is 15.1 Å². The largest absolute Gasteiger partial charge is 0.336 e. The molecule has 1 aliphatic rings. The van der Waals surface area contributed by atoms with Crippen LogP contribution < -0.4 is 5.32 Å². The van der Waals surface area contributed by atoms with E-state index in [1.807, 2.05) is 39.9 Å². The quantitative estimate of drug-likeness (QED) is 0.926. The van der Waals surface area contributed by atoms with Crippen LogP contribution in [0.3, 0.4) is 0 Å². The molecule has 1 N–H and O–H groups in total. The molecule has 0 spiro atoms. The first-order valence-corrected chi connectivity index (χ1v) is 9.38. The smallest absolute Gasteiger partial charge is 0.317 e. The summed E-state index contributed by atoms with van der Waals surface area (Å²) in [6, 6.07) is 7.67. The Labute approximate surface area is 143 Å². The molecule has 0 saturated carbocycles. The van der Waals surface area contributed by atoms with Crippen LogP contribution in [-0.4, -0.2) is 47.9 Å². The SMILES string of the molecule is O=C(NCc1cccs1)N1CCCN(C(=O)c2cccs2)CC1. The highest BCUT2D eigenvalue weighted by Gasteiger charge is 2.23. The molecule has 2 aromatic rings. The minimum absolute atomic E-state index is 0.0520. The average molecular weight is 349 g/mol. The van der Waals surface area contributed by atoms with E-state index in [9.17, 15) is 9.59 Å². The maximum atomic E-state index is 12.4. The average Bonchev–Trinajstić information content (AvgIpc) is 3.22. The van der Waals surface area contributed by atoms with Gasteiger partial charge in [0.25, 0.3) is 5.91 Å². The Morgan fingerprint density at radius 2 is 1.74 bits per heavy atom. The lowest BCUT2D eigenvalue weighted by Crippen LogP contribution is -2.42. The van der Waals surface area contributed by atoms with E-state index in [0.717, 1.165) is 16.2 Å². The van der Waals surface area contributed by atoms with Gasteiger partial charge in [0.15, 0.2) is 0 Å². The fourth-order valence-electron chi connectivity index (χ4n) is 2.57. The Kier molecular flexibility index (Phi) is 5.30. The summed E-state index contributed by atoms with van der Waals surface area (Å²) in [6.07, 6.45) is 0.809. The van der Waals surface area contributed by atoms with Gasteiger partial charge in [0.1, 0.15) is 0 Å². The fourth-order valence-corrected chi connectivity index (χ4v) is 3.90. The van der Waals surface area contributed by atoms with Gasteiger partial charge in [0.05, 0.1) is 11.4 Å². The highest BCUT2D eigenvalue weighted by atomic mass is 32.1. The van der Waals surface area contributed by atoms with Crippen LogP contribution in [0, 0.1) is 0 Å². The van der Waals surface area contributed by atoms with Crippen molar-refractivity contribution in [3.8, 4) is 0 Å². The monoisotopic (exact) mass is 349 g/mol. The molecule has 2 aromatic heterocycles. The molecule has 0 aliphatic carbocycles. The van der Waals surface area contributed by atoms with Crippen LogP contribution in [0.1, 0.15) is 21.0 Å². The second-order valence-electron chi connectivity index (χ2n) is 5.35. The van der Waals surface area contributed by atoms with Crippen LogP contribution in [0.4, 0.5) is 4.79 Å². The summed E-state index contributed by atoms with van der Waals surface area (Å²) >= 11 is 3.10. The van der Waals surface area contributed by atoms with Crippen molar-refractivity contribution in [3.63, 3.8) is 0 Å². The lowest BCUT2D eigenvalue weighted by Gasteiger charge is -2.22. The van der Waals surface area contributed by atoms with E-state index in [-0.39, 0.29) is 11.9 Å². The number of rotatable bonds is 3. The van der Waals surface area contributed by atoms with Crippen molar-refractivity contribution in [1.29, 1.82) is 0 Å². The number of hydrogen-bond acceptors (Lipinski definition) is 4. The van der Waals surface area contributed by atoms with Crippen molar-refractivity contribution in [2.24, 2.45) is 0 Å². The van der Waals surface area contributed by atoms with Crippen molar-refractivity contribution in [3.05, 3.63) is 44.8 Å². The highest BCUT2D eigenvalue weighted by molar-refractivity contribution is 7.12. The second kappa shape index (κ2) is 7.61. The van der Waals surface area contributed by atoms with Gasteiger partial charge in [0, 0.05) is 31.1 Å². The Morgan fingerprint density at radius 1 is 1.00 bits per heavy atom. The van der Waals surface area contributed by atoms with Gasteiger partial charge in [0.2, 0.25) is 0 Å². The molecule has 0 radical (unpaired) electrons. The van der Waals surface area contributed by atoms with Crippen molar-refractivity contribution in [1.82, 2.24) is 15.1 Å². The van der Waals surface area contributed by atoms with E-state index in [4.69, 9.17) is 0 Å². The molecule has 3 heterocycles. The minimum atomic E-state index is -0.0520. The molecule has 0 aromatic carbocycles. The maximum Gasteiger partial charge on any atom is 0.317 e. The first-order valence-electron chi connectivity index (χ1n) is 7.62. The van der Waals surface area contributed by atoms with Gasteiger partial charge in [-0.05, 0) is 29.3 Å². The minimum Gasteiger partial charge on any atom is -0.336 e. The number of carbonyl (C=O) groups excluding carboxylic acids is 2. The number of nitrogens with zero attached hydrogens (tertiary/aromatic N) is 2. The van der Waals surface area contributed by atoms with E-state index in [0.29, 0.717) is 32.7 Å². The van der Waals surface area contributed by atoms with Gasteiger partial charge in [-0.25, -0.2) is 4.79 Å². The summed E-state index contributed by atoms with van der Waals surface area (Å²) in [5, 5.41) is 6.86. The standard InChI is InChI=1S/C16H19N3O2S2/c20-15(14-5-2-11-23-14)18-6-3-7-19(9-8-18)16(21)17-12-13-4-1-10-22-13/h1-2,4-5,10-11H,3,6-9,12H2,(H,17,21). The maximum absolute atomic E-state index is 12.4. The lowest BCUT2D eigenvalue weighted by molar-refractivity contribution is 0.0767. The molecule has 1 fully saturated rings. The summed E-state index contributed by atoms with van der Waals surface area (Å²) in [5.41, 5.74) is 0. The molecule has 1 aliphatic heterocycles. The van der Waals surface area contributed by atoms with Crippen LogP contribution in [0.5, 0.6) is 0 Å². The van der Waals surface area contributed by atoms with Crippen LogP contribution in [0.2, 0.25) is 0 Å². The van der Waals surface area contributed by atoms with Crippen molar-refractivity contribution in [2.75, 3.05) is 26.2 Å². The number of hydrogen-bond donors (Lipinski definition) is 1. The zero-order chi connectivity index (χ0) is 16.1. The van der Waals surface area contributed by atoms with Gasteiger partial charge in [-0.1, -0.05) is 12.1 Å². The molecular weight excluding hydrogens is 330 g/mol. The molecule has 1 saturated heterocycles. The topological polar surface area (TPSA) is 52.7 Å². The third-order valence-electron chi connectivity index (χ3n) is 3.80. The van der Waals surface area contributed by atoms with Gasteiger partial charge in [-0.3, -0.25) is 4.79 Å². The lowest BCUT2D eigenvalue weighted by atomic mass is 10.3. The van der Waals surface area contributed by atoms with Crippen LogP contribution in [0.25, 0.3) is 0 Å². The number of nitrogens with one attached hydrogen (secondary N) is 1. The third kappa shape index (κ3) is 4.11. The Hall–Kier alpha value is -1.86. The number of carbonyl (C=O) groups is 2. The fraction of sp³-hybridized carbons (Fsp3) is 0.375. The van der Waals surface area contributed by atoms with Crippen molar-refractivity contribution >= 4 is 34.6 Å². The molecule has 5 nitrogen and oxygen atoms in total. The van der Waals surface area contributed by atoms with Gasteiger partial charge >= 0.3 is 6.03 Å². The van der Waals surface area contributed by atoms with Gasteiger partial charge in [-0.2, -0.15) is 0 Å². The molecule has 7 heteroatoms. The highest BCUT2D eigenvalue weighted by Crippen LogP contribution is 2.14. The van der Waals surface area contributed by atoms with E-state index in [1.165, 1.54) is 11.3 Å². The van der Waals surface area contributed by atoms with Crippen LogP contribution >= 0.6 is 22.7 Å². The van der Waals surface area contributed by atoms with E-state index in [2.05, 4.69) is 5.32 Å². The summed E-state index contributed by atoms with van der Waals surface area (Å²) in [4.78, 5) is 30.2. The van der Waals surface area contributed by atoms with Crippen molar-refractivity contribution in [2.45, 2.75) is 13.0 Å². The first kappa shape index (κ1) is 16.0. The van der Waals surface area contributed by atoms with Crippen LogP contribution in [-0.2, 0) is 6.54 Å². The zero-order valence-electron chi connectivity index (χ0n) is 12.7. The molecule has 0 atom stereocenters. The van der Waals surface area contributed by atoms with E-state index >= 15 is 0 Å². The summed E-state index contributed by atoms with van der Waals surface area (Å²) < 4.78 is 0. The second-order valence-corrected chi connectivity index (χ2v) is 7.33. The molecule has 0 unspecified atom stereocenters. The van der Waals surface area contributed by atoms with E-state index in [1.54, 1.807) is 16.2 Å². The molecular formula is C16H19N3O2S2. The summed E-state index contributed by atoms with van der Waals surface area (Å²) in [5.74, 6) is 0.0702. The number of urea groups is 1. The third-order valence-corrected chi connectivity index (χ3v) is 5.53. The molecule has 3 rings (SSSR count). The molecule has 23 heavy (non-hydrogen) atoms. The summed E-state index contributed by atoms with van der Waals surface area (Å²) in [7, 11) is 0. The summed E-state index contributed by atoms with van der Waals surface area (Å²) in [6.45, 7) is 3.11. The normalized spacial score (nSPS) is 15.3. The Morgan fingerprint density at radius 3 is 2.48 bits per heavy atom. The van der Waals surface area contributed by atoms with Crippen LogP contribution in [0.15, 0.2) is 35.0 Å². The van der Waals surface area contributed by atoms with E-state index < -0.39 is 0 Å². The molecule has 0 bridgehead atoms. The predicted molar refractivity (Wildman–Crippen MR) is 93.0 cm³/mol. The zero-order valence-corrected chi connectivity index (χ0v) is 14.4. The number of amides is 3. The molecule has 122 valence electrons.